The van der Waals surface area contributed by atoms with Crippen LogP contribution in [-0.4, -0.2) is 13.1 Å². The Morgan fingerprint density at radius 3 is 2.71 bits per heavy atom. The Morgan fingerprint density at radius 2 is 2.05 bits per heavy atom. The minimum atomic E-state index is -0.511. The fourth-order valence-electron chi connectivity index (χ4n) is 1.89. The Kier molecular flexibility index (Phi) is 4.70. The fourth-order valence-corrected chi connectivity index (χ4v) is 2.18. The van der Waals surface area contributed by atoms with E-state index in [4.69, 9.17) is 26.8 Å². The summed E-state index contributed by atoms with van der Waals surface area (Å²) in [4.78, 5) is 12.1. The summed E-state index contributed by atoms with van der Waals surface area (Å²) in [5.41, 5.74) is 8.20. The second-order valence-corrected chi connectivity index (χ2v) is 5.00. The van der Waals surface area contributed by atoms with Gasteiger partial charge in [0.05, 0.1) is 18.4 Å². The van der Waals surface area contributed by atoms with Crippen LogP contribution in [-0.2, 0) is 11.3 Å². The lowest BCUT2D eigenvalue weighted by Gasteiger charge is -2.10. The van der Waals surface area contributed by atoms with Gasteiger partial charge in [-0.2, -0.15) is 0 Å². The molecular formula is C16H16ClNO3. The highest BCUT2D eigenvalue weighted by atomic mass is 35.5. The second kappa shape index (κ2) is 6.50. The number of ether oxygens (including phenoxy) is 2. The zero-order chi connectivity index (χ0) is 15.4. The van der Waals surface area contributed by atoms with Crippen molar-refractivity contribution in [2.24, 2.45) is 0 Å². The highest BCUT2D eigenvalue weighted by Crippen LogP contribution is 2.26. The van der Waals surface area contributed by atoms with Crippen LogP contribution < -0.4 is 10.5 Å². The number of nitrogens with two attached hydrogens (primary N) is 1. The van der Waals surface area contributed by atoms with E-state index >= 15 is 0 Å². The summed E-state index contributed by atoms with van der Waals surface area (Å²) in [5.74, 6) is -0.0686. The lowest BCUT2D eigenvalue weighted by atomic mass is 10.1. The molecule has 0 aliphatic heterocycles. The number of methoxy groups -OCH3 is 1. The van der Waals surface area contributed by atoms with Crippen molar-refractivity contribution in [1.29, 1.82) is 0 Å². The van der Waals surface area contributed by atoms with Crippen molar-refractivity contribution in [2.75, 3.05) is 12.8 Å². The van der Waals surface area contributed by atoms with Crippen molar-refractivity contribution in [1.82, 2.24) is 0 Å². The molecule has 0 unspecified atom stereocenters. The normalized spacial score (nSPS) is 10.2. The number of hydrogen-bond acceptors (Lipinski definition) is 4. The molecule has 0 fully saturated rings. The number of esters is 1. The number of para-hydroxylation sites is 1. The van der Waals surface area contributed by atoms with Crippen LogP contribution >= 0.6 is 11.6 Å². The van der Waals surface area contributed by atoms with Crippen molar-refractivity contribution in [3.8, 4) is 5.75 Å². The minimum Gasteiger partial charge on any atom is -0.495 e. The number of aryl methyl sites for hydroxylation is 1. The van der Waals surface area contributed by atoms with Crippen molar-refractivity contribution in [3.63, 3.8) is 0 Å². The number of anilines is 1. The van der Waals surface area contributed by atoms with Crippen molar-refractivity contribution < 1.29 is 14.3 Å². The SMILES string of the molecule is COc1cccc(C(=O)OCc2ccc(C)cc2Cl)c1N. The molecule has 4 nitrogen and oxygen atoms in total. The van der Waals surface area contributed by atoms with Gasteiger partial charge in [-0.25, -0.2) is 4.79 Å². The van der Waals surface area contributed by atoms with E-state index in [1.54, 1.807) is 18.2 Å². The van der Waals surface area contributed by atoms with Crippen LogP contribution in [0.15, 0.2) is 36.4 Å². The first-order valence-electron chi connectivity index (χ1n) is 6.37. The highest BCUT2D eigenvalue weighted by Gasteiger charge is 2.15. The summed E-state index contributed by atoms with van der Waals surface area (Å²) >= 11 is 6.10. The summed E-state index contributed by atoms with van der Waals surface area (Å²) in [6.45, 7) is 2.03. The molecule has 21 heavy (non-hydrogen) atoms. The van der Waals surface area contributed by atoms with E-state index in [2.05, 4.69) is 0 Å². The molecule has 0 aliphatic rings. The molecule has 0 heterocycles. The second-order valence-electron chi connectivity index (χ2n) is 4.59. The molecule has 2 aromatic rings. The predicted octanol–water partition coefficient (Wildman–Crippen LogP) is 3.60. The minimum absolute atomic E-state index is 0.0919. The zero-order valence-corrected chi connectivity index (χ0v) is 12.6. The first kappa shape index (κ1) is 15.2. The Bertz CT molecular complexity index is 671. The number of carbonyl (C=O) groups excluding carboxylic acids is 1. The molecular weight excluding hydrogens is 290 g/mol. The van der Waals surface area contributed by atoms with Gasteiger partial charge in [0.25, 0.3) is 0 Å². The third-order valence-electron chi connectivity index (χ3n) is 3.07. The number of hydrogen-bond donors (Lipinski definition) is 1. The largest absolute Gasteiger partial charge is 0.495 e. The number of carbonyl (C=O) groups is 1. The summed E-state index contributed by atoms with van der Waals surface area (Å²) in [6.07, 6.45) is 0. The van der Waals surface area contributed by atoms with Gasteiger partial charge in [0.15, 0.2) is 0 Å². The average Bonchev–Trinajstić information content (AvgIpc) is 2.46. The summed E-state index contributed by atoms with van der Waals surface area (Å²) < 4.78 is 10.3. The van der Waals surface area contributed by atoms with Gasteiger partial charge in [-0.3, -0.25) is 0 Å². The first-order valence-corrected chi connectivity index (χ1v) is 6.75. The monoisotopic (exact) mass is 305 g/mol. The van der Waals surface area contributed by atoms with Gasteiger partial charge in [0, 0.05) is 10.6 Å². The van der Waals surface area contributed by atoms with E-state index < -0.39 is 5.97 Å². The molecule has 2 aromatic carbocycles. The smallest absolute Gasteiger partial charge is 0.340 e. The molecule has 2 rings (SSSR count). The third-order valence-corrected chi connectivity index (χ3v) is 3.43. The maximum atomic E-state index is 12.1. The number of rotatable bonds is 4. The Morgan fingerprint density at radius 1 is 1.29 bits per heavy atom. The molecule has 110 valence electrons. The predicted molar refractivity (Wildman–Crippen MR) is 82.7 cm³/mol. The van der Waals surface area contributed by atoms with Gasteiger partial charge in [-0.1, -0.05) is 29.8 Å². The van der Waals surface area contributed by atoms with Crippen LogP contribution in [0.5, 0.6) is 5.75 Å². The summed E-state index contributed by atoms with van der Waals surface area (Å²) in [6, 6.07) is 10.5. The average molecular weight is 306 g/mol. The molecule has 0 spiro atoms. The summed E-state index contributed by atoms with van der Waals surface area (Å²) in [7, 11) is 1.49. The van der Waals surface area contributed by atoms with Crippen LogP contribution in [0.1, 0.15) is 21.5 Å². The van der Waals surface area contributed by atoms with E-state index in [1.807, 2.05) is 25.1 Å². The van der Waals surface area contributed by atoms with Gasteiger partial charge in [-0.15, -0.1) is 0 Å². The molecule has 2 N–H and O–H groups in total. The van der Waals surface area contributed by atoms with Crippen LogP contribution in [0.2, 0.25) is 5.02 Å². The van der Waals surface area contributed by atoms with E-state index in [0.29, 0.717) is 10.8 Å². The Labute approximate surface area is 128 Å². The molecule has 0 aromatic heterocycles. The van der Waals surface area contributed by atoms with Gasteiger partial charge in [-0.05, 0) is 30.7 Å². The van der Waals surface area contributed by atoms with Crippen LogP contribution in [0.3, 0.4) is 0 Å². The van der Waals surface area contributed by atoms with Crippen molar-refractivity contribution in [3.05, 3.63) is 58.1 Å². The van der Waals surface area contributed by atoms with Crippen LogP contribution in [0.25, 0.3) is 0 Å². The Balaban J connectivity index is 2.12. The zero-order valence-electron chi connectivity index (χ0n) is 11.9. The summed E-state index contributed by atoms with van der Waals surface area (Å²) in [5, 5.41) is 0.571. The van der Waals surface area contributed by atoms with Gasteiger partial charge in [0.2, 0.25) is 0 Å². The molecule has 0 saturated carbocycles. The molecule has 0 amide bonds. The van der Waals surface area contributed by atoms with Crippen molar-refractivity contribution in [2.45, 2.75) is 13.5 Å². The lowest BCUT2D eigenvalue weighted by molar-refractivity contribution is 0.0474. The molecule has 5 heteroatoms. The van der Waals surface area contributed by atoms with Crippen molar-refractivity contribution >= 4 is 23.3 Å². The quantitative estimate of drug-likeness (QED) is 0.692. The topological polar surface area (TPSA) is 61.5 Å². The molecule has 0 aliphatic carbocycles. The van der Waals surface area contributed by atoms with E-state index in [9.17, 15) is 4.79 Å². The molecule has 0 radical (unpaired) electrons. The molecule has 0 bridgehead atoms. The maximum absolute atomic E-state index is 12.1. The highest BCUT2D eigenvalue weighted by molar-refractivity contribution is 6.31. The lowest BCUT2D eigenvalue weighted by Crippen LogP contribution is -2.09. The third kappa shape index (κ3) is 3.47. The standard InChI is InChI=1S/C16H16ClNO3/c1-10-6-7-11(13(17)8-10)9-21-16(19)12-4-3-5-14(20-2)15(12)18/h3-8H,9,18H2,1-2H3. The maximum Gasteiger partial charge on any atom is 0.340 e. The number of nitrogen functional groups attached to an aromatic ring is 1. The van der Waals surface area contributed by atoms with E-state index in [-0.39, 0.29) is 17.9 Å². The molecule has 0 atom stereocenters. The van der Waals surface area contributed by atoms with Gasteiger partial charge >= 0.3 is 5.97 Å². The van der Waals surface area contributed by atoms with Crippen LogP contribution in [0, 0.1) is 6.92 Å². The molecule has 0 saturated heterocycles. The van der Waals surface area contributed by atoms with E-state index in [1.165, 1.54) is 7.11 Å². The Hall–Kier alpha value is -2.20. The van der Waals surface area contributed by atoms with Gasteiger partial charge in [0.1, 0.15) is 12.4 Å². The fraction of sp³-hybridized carbons (Fsp3) is 0.188. The first-order chi connectivity index (χ1) is 10.0. The van der Waals surface area contributed by atoms with Gasteiger partial charge < -0.3 is 15.2 Å². The van der Waals surface area contributed by atoms with Crippen LogP contribution in [0.4, 0.5) is 5.69 Å². The van der Waals surface area contributed by atoms with E-state index in [0.717, 1.165) is 11.1 Å². The number of benzene rings is 2. The number of halogens is 1.